The van der Waals surface area contributed by atoms with E-state index in [1.807, 2.05) is 12.1 Å². The molecule has 1 heterocycles. The van der Waals surface area contributed by atoms with E-state index in [9.17, 15) is 9.18 Å². The first-order valence-electron chi connectivity index (χ1n) is 10.2. The Bertz CT molecular complexity index is 934. The van der Waals surface area contributed by atoms with Crippen LogP contribution in [0, 0.1) is 5.82 Å². The number of hydrogen-bond donors (Lipinski definition) is 2. The van der Waals surface area contributed by atoms with Crippen LogP contribution >= 0.6 is 15.9 Å². The molecule has 1 aliphatic heterocycles. The van der Waals surface area contributed by atoms with Crippen LogP contribution in [-0.4, -0.2) is 11.9 Å². The number of hydrogen-bond acceptors (Lipinski definition) is 2. The average Bonchev–Trinajstić information content (AvgIpc) is 3.39. The maximum absolute atomic E-state index is 13.9. The fourth-order valence-electron chi connectivity index (χ4n) is 4.98. The summed E-state index contributed by atoms with van der Waals surface area (Å²) in [4.78, 5) is 12.6. The largest absolute Gasteiger partial charge is 0.378 e. The number of carbonyl (C=O) groups excluding carboxylic acids is 1. The molecule has 1 unspecified atom stereocenters. The molecule has 0 aromatic heterocycles. The number of halogens is 2. The molecule has 146 valence electrons. The molecule has 3 nitrogen and oxygen atoms in total. The van der Waals surface area contributed by atoms with E-state index in [4.69, 9.17) is 0 Å². The summed E-state index contributed by atoms with van der Waals surface area (Å²) in [7, 11) is 0. The minimum Gasteiger partial charge on any atom is -0.378 e. The van der Waals surface area contributed by atoms with Gasteiger partial charge in [-0.2, -0.15) is 0 Å². The molecule has 1 amide bonds. The quantitative estimate of drug-likeness (QED) is 0.625. The molecule has 2 aromatic rings. The van der Waals surface area contributed by atoms with Crippen LogP contribution in [0.2, 0.25) is 0 Å². The highest BCUT2D eigenvalue weighted by atomic mass is 79.9. The van der Waals surface area contributed by atoms with Crippen LogP contribution < -0.4 is 10.6 Å². The van der Waals surface area contributed by atoms with Crippen molar-refractivity contribution in [1.82, 2.24) is 5.32 Å². The second-order valence-electron chi connectivity index (χ2n) is 8.56. The number of fused-ring (bicyclic) bond motifs is 2. The maximum Gasteiger partial charge on any atom is 0.251 e. The van der Waals surface area contributed by atoms with Gasteiger partial charge in [-0.1, -0.05) is 28.8 Å². The van der Waals surface area contributed by atoms with Gasteiger partial charge in [-0.3, -0.25) is 4.79 Å². The molecule has 0 bridgehead atoms. The number of carbonyl (C=O) groups is 1. The van der Waals surface area contributed by atoms with E-state index in [1.54, 1.807) is 12.1 Å². The van der Waals surface area contributed by atoms with Gasteiger partial charge < -0.3 is 10.6 Å². The Hall–Kier alpha value is -1.88. The number of nitrogens with one attached hydrogen (secondary N) is 2. The monoisotopic (exact) mass is 442 g/mol. The van der Waals surface area contributed by atoms with Gasteiger partial charge in [0.25, 0.3) is 5.91 Å². The van der Waals surface area contributed by atoms with Gasteiger partial charge in [0.1, 0.15) is 5.82 Å². The molecular formula is C23H24BrFN2O. The first-order chi connectivity index (χ1) is 13.5. The Morgan fingerprint density at radius 1 is 1.14 bits per heavy atom. The van der Waals surface area contributed by atoms with Crippen molar-refractivity contribution in [2.75, 3.05) is 5.32 Å². The number of anilines is 1. The molecule has 1 spiro atoms. The third kappa shape index (κ3) is 3.24. The fraction of sp³-hybridized carbons (Fsp3) is 0.435. The predicted molar refractivity (Wildman–Crippen MR) is 112 cm³/mol. The molecule has 3 aliphatic rings. The summed E-state index contributed by atoms with van der Waals surface area (Å²) in [5.41, 5.74) is 4.12. The minimum absolute atomic E-state index is 0.0356. The summed E-state index contributed by atoms with van der Waals surface area (Å²) in [6.07, 6.45) is 7.76. The topological polar surface area (TPSA) is 41.1 Å². The zero-order valence-electron chi connectivity index (χ0n) is 15.7. The van der Waals surface area contributed by atoms with Crippen molar-refractivity contribution in [3.8, 4) is 0 Å². The first kappa shape index (κ1) is 18.2. The minimum atomic E-state index is -0.210. The number of benzene rings is 2. The molecule has 2 aromatic carbocycles. The van der Waals surface area contributed by atoms with Crippen molar-refractivity contribution in [3.05, 3.63) is 63.4 Å². The van der Waals surface area contributed by atoms with Gasteiger partial charge in [0.2, 0.25) is 0 Å². The SMILES string of the molecule is O=C(NC1CC1)c1ccc2c(c1)C1(CCCC1)CC(c1cc(F)ccc1Br)N2. The summed E-state index contributed by atoms with van der Waals surface area (Å²) < 4.78 is 14.9. The van der Waals surface area contributed by atoms with E-state index in [0.717, 1.165) is 53.4 Å². The third-order valence-corrected chi connectivity index (χ3v) is 7.31. The van der Waals surface area contributed by atoms with Crippen LogP contribution in [0.5, 0.6) is 0 Å². The lowest BCUT2D eigenvalue weighted by Gasteiger charge is -2.42. The van der Waals surface area contributed by atoms with Crippen molar-refractivity contribution in [2.45, 2.75) is 62.4 Å². The van der Waals surface area contributed by atoms with Crippen molar-refractivity contribution in [1.29, 1.82) is 0 Å². The van der Waals surface area contributed by atoms with E-state index in [0.29, 0.717) is 6.04 Å². The number of rotatable bonds is 3. The molecule has 2 aliphatic carbocycles. The Morgan fingerprint density at radius 2 is 1.93 bits per heavy atom. The van der Waals surface area contributed by atoms with Gasteiger partial charge in [-0.05, 0) is 85.0 Å². The lowest BCUT2D eigenvalue weighted by atomic mass is 9.69. The summed E-state index contributed by atoms with van der Waals surface area (Å²) >= 11 is 3.60. The lowest BCUT2D eigenvalue weighted by Crippen LogP contribution is -2.35. The summed E-state index contributed by atoms with van der Waals surface area (Å²) in [6.45, 7) is 0. The van der Waals surface area contributed by atoms with Gasteiger partial charge in [-0.15, -0.1) is 0 Å². The second kappa shape index (κ2) is 6.87. The Kier molecular flexibility index (Phi) is 4.46. The molecule has 5 rings (SSSR count). The Labute approximate surface area is 173 Å². The van der Waals surface area contributed by atoms with Crippen LogP contribution in [0.25, 0.3) is 0 Å². The van der Waals surface area contributed by atoms with Crippen LogP contribution in [-0.2, 0) is 5.41 Å². The smallest absolute Gasteiger partial charge is 0.251 e. The van der Waals surface area contributed by atoms with Crippen LogP contribution in [0.4, 0.5) is 10.1 Å². The molecule has 2 fully saturated rings. The van der Waals surface area contributed by atoms with E-state index in [1.165, 1.54) is 24.5 Å². The van der Waals surface area contributed by atoms with E-state index in [-0.39, 0.29) is 23.2 Å². The zero-order valence-corrected chi connectivity index (χ0v) is 17.3. The average molecular weight is 443 g/mol. The van der Waals surface area contributed by atoms with Gasteiger partial charge in [0, 0.05) is 21.8 Å². The van der Waals surface area contributed by atoms with Gasteiger partial charge >= 0.3 is 0 Å². The lowest BCUT2D eigenvalue weighted by molar-refractivity contribution is 0.0951. The van der Waals surface area contributed by atoms with Crippen LogP contribution in [0.1, 0.15) is 72.5 Å². The van der Waals surface area contributed by atoms with Crippen molar-refractivity contribution >= 4 is 27.5 Å². The molecule has 5 heteroatoms. The molecular weight excluding hydrogens is 419 g/mol. The molecule has 0 saturated heterocycles. The molecule has 28 heavy (non-hydrogen) atoms. The normalized spacial score (nSPS) is 22.6. The zero-order chi connectivity index (χ0) is 19.3. The summed E-state index contributed by atoms with van der Waals surface area (Å²) in [5, 5.41) is 6.72. The Balaban J connectivity index is 1.53. The van der Waals surface area contributed by atoms with Crippen molar-refractivity contribution < 1.29 is 9.18 Å². The second-order valence-corrected chi connectivity index (χ2v) is 9.42. The first-order valence-corrected chi connectivity index (χ1v) is 11.0. The molecule has 0 radical (unpaired) electrons. The van der Waals surface area contributed by atoms with Crippen LogP contribution in [0.3, 0.4) is 0 Å². The van der Waals surface area contributed by atoms with E-state index in [2.05, 4.69) is 32.6 Å². The van der Waals surface area contributed by atoms with E-state index >= 15 is 0 Å². The van der Waals surface area contributed by atoms with E-state index < -0.39 is 0 Å². The van der Waals surface area contributed by atoms with Gasteiger partial charge in [-0.25, -0.2) is 4.39 Å². The van der Waals surface area contributed by atoms with Crippen molar-refractivity contribution in [2.24, 2.45) is 0 Å². The van der Waals surface area contributed by atoms with Crippen LogP contribution in [0.15, 0.2) is 40.9 Å². The molecule has 2 N–H and O–H groups in total. The summed E-state index contributed by atoms with van der Waals surface area (Å²) in [5.74, 6) is -0.174. The highest BCUT2D eigenvalue weighted by Crippen LogP contribution is 2.53. The summed E-state index contributed by atoms with van der Waals surface area (Å²) in [6, 6.07) is 11.4. The van der Waals surface area contributed by atoms with Gasteiger partial charge in [0.05, 0.1) is 6.04 Å². The molecule has 1 atom stereocenters. The van der Waals surface area contributed by atoms with Crippen molar-refractivity contribution in [3.63, 3.8) is 0 Å². The molecule has 2 saturated carbocycles. The highest BCUT2D eigenvalue weighted by molar-refractivity contribution is 9.10. The maximum atomic E-state index is 13.9. The third-order valence-electron chi connectivity index (χ3n) is 6.58. The fourth-order valence-corrected chi connectivity index (χ4v) is 5.50. The predicted octanol–water partition coefficient (Wildman–Crippen LogP) is 5.85. The number of amides is 1. The van der Waals surface area contributed by atoms with Gasteiger partial charge in [0.15, 0.2) is 0 Å². The Morgan fingerprint density at radius 3 is 2.68 bits per heavy atom. The standard InChI is InChI=1S/C23H24BrFN2O/c24-19-7-4-15(25)12-17(19)21-13-23(9-1-2-10-23)18-11-14(3-8-20(18)27-21)22(28)26-16-5-6-16/h3-4,7-8,11-12,16,21,27H,1-2,5-6,9-10,13H2,(H,26,28). The highest BCUT2D eigenvalue weighted by Gasteiger charge is 2.43.